The lowest BCUT2D eigenvalue weighted by Crippen LogP contribution is -2.31. The fourth-order valence-corrected chi connectivity index (χ4v) is 3.92. The van der Waals surface area contributed by atoms with E-state index in [1.165, 1.54) is 12.1 Å². The third kappa shape index (κ3) is 3.68. The van der Waals surface area contributed by atoms with Crippen molar-refractivity contribution in [2.45, 2.75) is 24.5 Å². The molecule has 0 saturated heterocycles. The zero-order valence-electron chi connectivity index (χ0n) is 14.7. The predicted molar refractivity (Wildman–Crippen MR) is 104 cm³/mol. The van der Waals surface area contributed by atoms with Gasteiger partial charge in [-0.05, 0) is 43.3 Å². The minimum absolute atomic E-state index is 0.262. The first-order valence-electron chi connectivity index (χ1n) is 8.59. The van der Waals surface area contributed by atoms with Crippen molar-refractivity contribution in [3.63, 3.8) is 0 Å². The Bertz CT molecular complexity index is 957. The Kier molecular flexibility index (Phi) is 4.85. The Morgan fingerprint density at radius 1 is 1.19 bits per heavy atom. The van der Waals surface area contributed by atoms with Crippen LogP contribution in [0.25, 0.3) is 5.69 Å². The second-order valence-electron chi connectivity index (χ2n) is 6.22. The number of halogens is 1. The quantitative estimate of drug-likeness (QED) is 0.719. The van der Waals surface area contributed by atoms with Crippen molar-refractivity contribution in [3.05, 3.63) is 71.7 Å². The monoisotopic (exact) mass is 383 g/mol. The first-order chi connectivity index (χ1) is 13.1. The highest BCUT2D eigenvalue weighted by Crippen LogP contribution is 2.36. The van der Waals surface area contributed by atoms with Crippen molar-refractivity contribution in [3.8, 4) is 11.4 Å². The number of amides is 1. The van der Waals surface area contributed by atoms with E-state index in [-0.39, 0.29) is 11.7 Å². The van der Waals surface area contributed by atoms with Crippen molar-refractivity contribution in [1.29, 1.82) is 0 Å². The maximum absolute atomic E-state index is 13.3. The third-order valence-corrected chi connectivity index (χ3v) is 5.26. The molecule has 0 spiro atoms. The first-order valence-corrected chi connectivity index (χ1v) is 9.74. The maximum atomic E-state index is 13.3. The van der Waals surface area contributed by atoms with Gasteiger partial charge >= 0.3 is 0 Å². The summed E-state index contributed by atoms with van der Waals surface area (Å²) in [4.78, 5) is 12.7. The zero-order chi connectivity index (χ0) is 18.8. The van der Waals surface area contributed by atoms with Gasteiger partial charge in [0, 0.05) is 17.1 Å². The van der Waals surface area contributed by atoms with E-state index in [2.05, 4.69) is 10.4 Å². The summed E-state index contributed by atoms with van der Waals surface area (Å²) >= 11 is 1.75. The highest BCUT2D eigenvalue weighted by Gasteiger charge is 2.26. The molecule has 7 heteroatoms. The van der Waals surface area contributed by atoms with Gasteiger partial charge < -0.3 is 10.1 Å². The van der Waals surface area contributed by atoms with Gasteiger partial charge in [0.15, 0.2) is 6.10 Å². The molecule has 1 atom stereocenters. The average Bonchev–Trinajstić information content (AvgIpc) is 3.26. The molecule has 1 aliphatic rings. The van der Waals surface area contributed by atoms with Crippen LogP contribution in [0.1, 0.15) is 18.2 Å². The lowest BCUT2D eigenvalue weighted by molar-refractivity contribution is -0.122. The van der Waals surface area contributed by atoms with Gasteiger partial charge in [0.2, 0.25) is 0 Å². The van der Waals surface area contributed by atoms with E-state index in [1.54, 1.807) is 47.6 Å². The van der Waals surface area contributed by atoms with Gasteiger partial charge in [0.1, 0.15) is 17.4 Å². The number of ether oxygens (including phenoxy) is 1. The summed E-state index contributed by atoms with van der Waals surface area (Å²) in [6.45, 7) is 1.70. The van der Waals surface area contributed by atoms with Crippen LogP contribution in [0.5, 0.6) is 5.75 Å². The smallest absolute Gasteiger partial charge is 0.266 e. The lowest BCUT2D eigenvalue weighted by Gasteiger charge is -2.16. The molecule has 0 saturated carbocycles. The fourth-order valence-electron chi connectivity index (χ4n) is 2.89. The molecule has 2 heterocycles. The molecule has 2 aromatic carbocycles. The van der Waals surface area contributed by atoms with Crippen molar-refractivity contribution >= 4 is 23.5 Å². The molecule has 0 aliphatic carbocycles. The SMILES string of the molecule is C[C@H](Oc1ccccc1)C(=O)Nc1c2c(nn1-c1ccc(F)cc1)CSC2. The van der Waals surface area contributed by atoms with E-state index in [0.29, 0.717) is 17.3 Å². The summed E-state index contributed by atoms with van der Waals surface area (Å²) in [5.74, 6) is 2.25. The number of nitrogens with one attached hydrogen (secondary N) is 1. The standard InChI is InChI=1S/C20H18FN3O2S/c1-13(26-16-5-3-2-4-6-16)20(25)22-19-17-11-27-12-18(17)23-24(19)15-9-7-14(21)8-10-15/h2-10,13H,11-12H2,1H3,(H,22,25)/t13-/m0/s1. The van der Waals surface area contributed by atoms with Crippen LogP contribution in [0, 0.1) is 5.82 Å². The van der Waals surface area contributed by atoms with E-state index >= 15 is 0 Å². The number of anilines is 1. The average molecular weight is 383 g/mol. The molecule has 4 rings (SSSR count). The molecule has 0 bridgehead atoms. The fraction of sp³-hybridized carbons (Fsp3) is 0.200. The number of benzene rings is 2. The second kappa shape index (κ2) is 7.44. The Morgan fingerprint density at radius 2 is 1.93 bits per heavy atom. The topological polar surface area (TPSA) is 56.1 Å². The Balaban J connectivity index is 1.59. The van der Waals surface area contributed by atoms with E-state index < -0.39 is 6.10 Å². The second-order valence-corrected chi connectivity index (χ2v) is 7.20. The molecule has 0 fully saturated rings. The van der Waals surface area contributed by atoms with Crippen LogP contribution in [0.2, 0.25) is 0 Å². The van der Waals surface area contributed by atoms with Crippen LogP contribution in [0.15, 0.2) is 54.6 Å². The maximum Gasteiger partial charge on any atom is 0.266 e. The molecule has 5 nitrogen and oxygen atoms in total. The van der Waals surface area contributed by atoms with Crippen molar-refractivity contribution in [2.75, 3.05) is 5.32 Å². The van der Waals surface area contributed by atoms with Gasteiger partial charge in [-0.25, -0.2) is 9.07 Å². The number of hydrogen-bond donors (Lipinski definition) is 1. The number of aromatic nitrogens is 2. The summed E-state index contributed by atoms with van der Waals surface area (Å²) < 4.78 is 20.6. The number of carbonyl (C=O) groups is 1. The van der Waals surface area contributed by atoms with Gasteiger partial charge in [-0.2, -0.15) is 16.9 Å². The van der Waals surface area contributed by atoms with Gasteiger partial charge in [0.05, 0.1) is 11.4 Å². The largest absolute Gasteiger partial charge is 0.481 e. The van der Waals surface area contributed by atoms with Crippen LogP contribution in [0.3, 0.4) is 0 Å². The molecule has 1 aliphatic heterocycles. The number of rotatable bonds is 5. The van der Waals surface area contributed by atoms with E-state index in [4.69, 9.17) is 4.74 Å². The molecule has 1 aromatic heterocycles. The molecule has 1 amide bonds. The summed E-state index contributed by atoms with van der Waals surface area (Å²) in [6, 6.07) is 15.3. The van der Waals surface area contributed by atoms with E-state index in [9.17, 15) is 9.18 Å². The normalized spacial score (nSPS) is 13.9. The molecule has 3 aromatic rings. The van der Waals surface area contributed by atoms with E-state index in [0.717, 1.165) is 22.8 Å². The number of thioether (sulfide) groups is 1. The third-order valence-electron chi connectivity index (χ3n) is 4.29. The molecule has 1 N–H and O–H groups in total. The van der Waals surface area contributed by atoms with Crippen LogP contribution in [-0.4, -0.2) is 21.8 Å². The summed E-state index contributed by atoms with van der Waals surface area (Å²) in [7, 11) is 0. The summed E-state index contributed by atoms with van der Waals surface area (Å²) in [5, 5.41) is 7.56. The van der Waals surface area contributed by atoms with Crippen molar-refractivity contribution in [2.24, 2.45) is 0 Å². The highest BCUT2D eigenvalue weighted by atomic mass is 32.2. The Morgan fingerprint density at radius 3 is 2.67 bits per heavy atom. The van der Waals surface area contributed by atoms with E-state index in [1.807, 2.05) is 18.2 Å². The number of hydrogen-bond acceptors (Lipinski definition) is 4. The number of fused-ring (bicyclic) bond motifs is 1. The van der Waals surface area contributed by atoms with Gasteiger partial charge in [-0.1, -0.05) is 18.2 Å². The summed E-state index contributed by atoms with van der Waals surface area (Å²) in [6.07, 6.45) is -0.673. The van der Waals surface area contributed by atoms with Crippen LogP contribution < -0.4 is 10.1 Å². The van der Waals surface area contributed by atoms with Crippen molar-refractivity contribution < 1.29 is 13.9 Å². The lowest BCUT2D eigenvalue weighted by atomic mass is 10.2. The summed E-state index contributed by atoms with van der Waals surface area (Å²) in [5.41, 5.74) is 2.64. The molecule has 27 heavy (non-hydrogen) atoms. The molecular weight excluding hydrogens is 365 g/mol. The van der Waals surface area contributed by atoms with Crippen LogP contribution in [0.4, 0.5) is 10.2 Å². The minimum atomic E-state index is -0.673. The van der Waals surface area contributed by atoms with Gasteiger partial charge in [0.25, 0.3) is 5.91 Å². The number of carbonyl (C=O) groups excluding carboxylic acids is 1. The first kappa shape index (κ1) is 17.6. The Labute approximate surface area is 160 Å². The number of para-hydroxylation sites is 1. The Hall–Kier alpha value is -2.80. The highest BCUT2D eigenvalue weighted by molar-refractivity contribution is 7.98. The number of nitrogens with zero attached hydrogens (tertiary/aromatic N) is 2. The molecule has 0 radical (unpaired) electrons. The van der Waals surface area contributed by atoms with Gasteiger partial charge in [-0.3, -0.25) is 4.79 Å². The molecule has 138 valence electrons. The van der Waals surface area contributed by atoms with Crippen LogP contribution in [-0.2, 0) is 16.3 Å². The zero-order valence-corrected chi connectivity index (χ0v) is 15.5. The van der Waals surface area contributed by atoms with Gasteiger partial charge in [-0.15, -0.1) is 0 Å². The predicted octanol–water partition coefficient (Wildman–Crippen LogP) is 4.16. The molecular formula is C20H18FN3O2S. The molecule has 0 unspecified atom stereocenters. The van der Waals surface area contributed by atoms with Crippen LogP contribution >= 0.6 is 11.8 Å². The minimum Gasteiger partial charge on any atom is -0.481 e. The van der Waals surface area contributed by atoms with Crippen molar-refractivity contribution in [1.82, 2.24) is 9.78 Å².